The van der Waals surface area contributed by atoms with Crippen LogP contribution in [0.5, 0.6) is 0 Å². The molecule has 4 heterocycles. The third kappa shape index (κ3) is 2.98. The maximum Gasteiger partial charge on any atom is 0.168 e. The number of aromatic nitrogens is 1. The van der Waals surface area contributed by atoms with Gasteiger partial charge in [-0.1, -0.05) is 18.5 Å². The van der Waals surface area contributed by atoms with Crippen LogP contribution in [0.15, 0.2) is 29.5 Å². The van der Waals surface area contributed by atoms with E-state index in [1.807, 2.05) is 12.3 Å². The monoisotopic (exact) mass is 439 g/mol. The molecule has 1 saturated heterocycles. The normalized spacial score (nSPS) is 29.2. The SMILES string of the molecule is CCc1cncc(-c2cc(Cl)c(C3(C)CS(=O)(=O)C4(CCOC4)C(N)=N3)s2)c1. The summed E-state index contributed by atoms with van der Waals surface area (Å²) in [5.74, 6) is -0.0174. The van der Waals surface area contributed by atoms with E-state index in [4.69, 9.17) is 22.1 Å². The Bertz CT molecular complexity index is 1060. The van der Waals surface area contributed by atoms with Crippen molar-refractivity contribution in [3.8, 4) is 10.4 Å². The highest BCUT2D eigenvalue weighted by atomic mass is 35.5. The summed E-state index contributed by atoms with van der Waals surface area (Å²) in [6.07, 6.45) is 4.85. The van der Waals surface area contributed by atoms with Crippen molar-refractivity contribution in [2.45, 2.75) is 37.0 Å². The molecule has 1 spiro atoms. The van der Waals surface area contributed by atoms with Crippen molar-refractivity contribution in [2.75, 3.05) is 19.0 Å². The fourth-order valence-corrected chi connectivity index (χ4v) is 7.82. The lowest BCUT2D eigenvalue weighted by atomic mass is 10.0. The number of rotatable bonds is 3. The van der Waals surface area contributed by atoms with Crippen LogP contribution in [0.1, 0.15) is 30.7 Å². The number of sulfone groups is 1. The lowest BCUT2D eigenvalue weighted by molar-refractivity contribution is 0.194. The van der Waals surface area contributed by atoms with Crippen LogP contribution in [0.3, 0.4) is 0 Å². The first-order chi connectivity index (χ1) is 13.2. The maximum atomic E-state index is 13.2. The molecule has 0 aliphatic carbocycles. The summed E-state index contributed by atoms with van der Waals surface area (Å²) in [6.45, 7) is 4.29. The van der Waals surface area contributed by atoms with Crippen molar-refractivity contribution in [3.05, 3.63) is 40.0 Å². The van der Waals surface area contributed by atoms with Gasteiger partial charge in [-0.3, -0.25) is 9.98 Å². The Morgan fingerprint density at radius 1 is 1.36 bits per heavy atom. The topological polar surface area (TPSA) is 94.6 Å². The highest BCUT2D eigenvalue weighted by molar-refractivity contribution is 7.93. The summed E-state index contributed by atoms with van der Waals surface area (Å²) in [7, 11) is -3.56. The van der Waals surface area contributed by atoms with Crippen LogP contribution in [-0.4, -0.2) is 43.0 Å². The van der Waals surface area contributed by atoms with E-state index >= 15 is 0 Å². The Balaban J connectivity index is 1.79. The maximum absolute atomic E-state index is 13.2. The molecule has 2 aromatic rings. The van der Waals surface area contributed by atoms with Gasteiger partial charge in [-0.25, -0.2) is 8.42 Å². The number of nitrogens with two attached hydrogens (primary N) is 1. The van der Waals surface area contributed by atoms with Gasteiger partial charge in [0.15, 0.2) is 14.6 Å². The number of halogens is 1. The van der Waals surface area contributed by atoms with Crippen LogP contribution in [0, 0.1) is 0 Å². The minimum absolute atomic E-state index is 0.0691. The Hall–Kier alpha value is -1.48. The van der Waals surface area contributed by atoms with Gasteiger partial charge in [-0.15, -0.1) is 11.3 Å². The number of nitrogens with zero attached hydrogens (tertiary/aromatic N) is 2. The number of aliphatic imine (C=N–C) groups is 1. The van der Waals surface area contributed by atoms with Crippen molar-refractivity contribution in [2.24, 2.45) is 10.7 Å². The number of thiophene rings is 1. The van der Waals surface area contributed by atoms with Crippen molar-refractivity contribution in [1.82, 2.24) is 4.98 Å². The molecule has 6 nitrogen and oxygen atoms in total. The van der Waals surface area contributed by atoms with E-state index in [1.165, 1.54) is 11.3 Å². The molecule has 2 aromatic heterocycles. The van der Waals surface area contributed by atoms with Gasteiger partial charge in [-0.2, -0.15) is 0 Å². The van der Waals surface area contributed by atoms with Gasteiger partial charge in [-0.05, 0) is 37.5 Å². The second-order valence-corrected chi connectivity index (χ2v) is 11.3. The zero-order valence-corrected chi connectivity index (χ0v) is 18.1. The van der Waals surface area contributed by atoms with Crippen molar-refractivity contribution in [3.63, 3.8) is 0 Å². The quantitative estimate of drug-likeness (QED) is 0.792. The van der Waals surface area contributed by atoms with Crippen LogP contribution < -0.4 is 5.73 Å². The molecular formula is C19H22ClN3O3S2. The van der Waals surface area contributed by atoms with E-state index in [-0.39, 0.29) is 18.2 Å². The fraction of sp³-hybridized carbons (Fsp3) is 0.474. The van der Waals surface area contributed by atoms with Gasteiger partial charge < -0.3 is 10.5 Å². The summed E-state index contributed by atoms with van der Waals surface area (Å²) in [6, 6.07) is 3.92. The summed E-state index contributed by atoms with van der Waals surface area (Å²) in [5.41, 5.74) is 7.27. The number of aryl methyl sites for hydroxylation is 1. The number of ether oxygens (including phenoxy) is 1. The molecule has 1 fully saturated rings. The van der Waals surface area contributed by atoms with E-state index < -0.39 is 20.1 Å². The molecule has 0 radical (unpaired) electrons. The van der Waals surface area contributed by atoms with Crippen LogP contribution in [-0.2, 0) is 26.5 Å². The molecule has 0 aromatic carbocycles. The van der Waals surface area contributed by atoms with E-state index in [0.717, 1.165) is 22.4 Å². The number of pyridine rings is 1. The first-order valence-corrected chi connectivity index (χ1v) is 12.0. The second-order valence-electron chi connectivity index (χ2n) is 7.55. The largest absolute Gasteiger partial charge is 0.386 e. The van der Waals surface area contributed by atoms with Gasteiger partial charge in [0.2, 0.25) is 0 Å². The molecule has 9 heteroatoms. The van der Waals surface area contributed by atoms with Crippen LogP contribution in [0.2, 0.25) is 5.02 Å². The zero-order valence-electron chi connectivity index (χ0n) is 15.7. The van der Waals surface area contributed by atoms with E-state index in [1.54, 1.807) is 13.1 Å². The molecule has 0 bridgehead atoms. The lowest BCUT2D eigenvalue weighted by Crippen LogP contribution is -2.58. The van der Waals surface area contributed by atoms with Gasteiger partial charge >= 0.3 is 0 Å². The summed E-state index contributed by atoms with van der Waals surface area (Å²) in [5, 5.41) is 0.495. The van der Waals surface area contributed by atoms with Gasteiger partial charge in [0.1, 0.15) is 11.4 Å². The highest BCUT2D eigenvalue weighted by Crippen LogP contribution is 2.47. The van der Waals surface area contributed by atoms with Crippen molar-refractivity contribution in [1.29, 1.82) is 0 Å². The van der Waals surface area contributed by atoms with E-state index in [9.17, 15) is 8.42 Å². The van der Waals surface area contributed by atoms with E-state index in [0.29, 0.717) is 22.9 Å². The average Bonchev–Trinajstić information content (AvgIpc) is 3.28. The highest BCUT2D eigenvalue weighted by Gasteiger charge is 2.57. The molecule has 2 atom stereocenters. The minimum atomic E-state index is -3.56. The number of amidine groups is 1. The third-order valence-electron chi connectivity index (χ3n) is 5.55. The van der Waals surface area contributed by atoms with E-state index in [2.05, 4.69) is 23.0 Å². The van der Waals surface area contributed by atoms with Crippen LogP contribution in [0.4, 0.5) is 0 Å². The predicted molar refractivity (Wildman–Crippen MR) is 113 cm³/mol. The molecule has 150 valence electrons. The third-order valence-corrected chi connectivity index (χ3v) is 10.1. The average molecular weight is 440 g/mol. The van der Waals surface area contributed by atoms with Crippen molar-refractivity contribution < 1.29 is 13.2 Å². The van der Waals surface area contributed by atoms with Crippen LogP contribution >= 0.6 is 22.9 Å². The molecule has 2 aliphatic heterocycles. The molecular weight excluding hydrogens is 418 g/mol. The Morgan fingerprint density at radius 3 is 2.79 bits per heavy atom. The summed E-state index contributed by atoms with van der Waals surface area (Å²) < 4.78 is 30.5. The number of hydrogen-bond donors (Lipinski definition) is 1. The smallest absolute Gasteiger partial charge is 0.168 e. The second kappa shape index (κ2) is 6.79. The molecule has 2 aliphatic rings. The molecule has 4 rings (SSSR count). The Labute approximate surface area is 173 Å². The molecule has 2 N–H and O–H groups in total. The molecule has 0 amide bonds. The standard InChI is InChI=1S/C19H22ClN3O3S2/c1-3-12-6-13(9-22-8-12)15-7-14(20)16(27-15)18(2)11-28(24,25)19(17(21)23-18)4-5-26-10-19/h6-9H,3-5,10-11H2,1-2H3,(H2,21,23). The summed E-state index contributed by atoms with van der Waals surface area (Å²) >= 11 is 7.98. The molecule has 28 heavy (non-hydrogen) atoms. The summed E-state index contributed by atoms with van der Waals surface area (Å²) in [4.78, 5) is 10.6. The van der Waals surface area contributed by atoms with Crippen LogP contribution in [0.25, 0.3) is 10.4 Å². The van der Waals surface area contributed by atoms with Crippen molar-refractivity contribution >= 4 is 38.6 Å². The minimum Gasteiger partial charge on any atom is -0.386 e. The van der Waals surface area contributed by atoms with Gasteiger partial charge in [0, 0.05) is 29.4 Å². The Kier molecular flexibility index (Phi) is 4.81. The van der Waals surface area contributed by atoms with Gasteiger partial charge in [0.25, 0.3) is 0 Å². The van der Waals surface area contributed by atoms with Gasteiger partial charge in [0.05, 0.1) is 22.3 Å². The molecule has 2 unspecified atom stereocenters. The zero-order chi connectivity index (χ0) is 20.2. The fourth-order valence-electron chi connectivity index (χ4n) is 3.87. The molecule has 0 saturated carbocycles. The Morgan fingerprint density at radius 2 is 2.14 bits per heavy atom. The lowest BCUT2D eigenvalue weighted by Gasteiger charge is -2.38. The first kappa shape index (κ1) is 19.8. The first-order valence-electron chi connectivity index (χ1n) is 9.11. The predicted octanol–water partition coefficient (Wildman–Crippen LogP) is 3.19. The number of hydrogen-bond acceptors (Lipinski definition) is 7.